The second-order valence-electron chi connectivity index (χ2n) is 5.02. The highest BCUT2D eigenvalue weighted by molar-refractivity contribution is 6.30. The third kappa shape index (κ3) is 3.06. The van der Waals surface area contributed by atoms with Gasteiger partial charge in [0, 0.05) is 11.6 Å². The molecule has 1 amide bonds. The van der Waals surface area contributed by atoms with Crippen LogP contribution in [0.25, 0.3) is 0 Å². The summed E-state index contributed by atoms with van der Waals surface area (Å²) in [5, 5.41) is 6.14. The van der Waals surface area contributed by atoms with Gasteiger partial charge in [-0.2, -0.15) is 0 Å². The van der Waals surface area contributed by atoms with Crippen molar-refractivity contribution in [3.8, 4) is 0 Å². The number of halogens is 2. The largest absolute Gasteiger partial charge is 0.322 e. The smallest absolute Gasteiger partial charge is 0.241 e. The van der Waals surface area contributed by atoms with Crippen LogP contribution in [0.4, 0.5) is 10.1 Å². The van der Waals surface area contributed by atoms with Crippen LogP contribution in [0.15, 0.2) is 42.5 Å². The first-order valence-electron chi connectivity index (χ1n) is 6.69. The molecule has 1 atom stereocenters. The Labute approximate surface area is 127 Å². The van der Waals surface area contributed by atoms with Crippen LogP contribution in [-0.4, -0.2) is 11.9 Å². The van der Waals surface area contributed by atoms with Gasteiger partial charge in [-0.3, -0.25) is 4.79 Å². The van der Waals surface area contributed by atoms with Crippen LogP contribution in [0.2, 0.25) is 5.02 Å². The van der Waals surface area contributed by atoms with E-state index in [1.165, 1.54) is 23.8 Å². The Morgan fingerprint density at radius 2 is 2.00 bits per heavy atom. The van der Waals surface area contributed by atoms with E-state index in [1.54, 1.807) is 0 Å². The molecular weight excluding hydrogens is 291 g/mol. The molecular formula is C16H14ClFN2O. The number of amides is 1. The number of hydrogen-bond donors (Lipinski definition) is 2. The third-order valence-electron chi connectivity index (χ3n) is 3.58. The zero-order valence-electron chi connectivity index (χ0n) is 11.2. The van der Waals surface area contributed by atoms with E-state index in [2.05, 4.69) is 10.6 Å². The summed E-state index contributed by atoms with van der Waals surface area (Å²) < 4.78 is 13.6. The van der Waals surface area contributed by atoms with Crippen LogP contribution in [0.3, 0.4) is 0 Å². The number of nitrogens with one attached hydrogen (secondary N) is 2. The molecule has 0 aromatic heterocycles. The fourth-order valence-corrected chi connectivity index (χ4v) is 2.62. The standard InChI is InChI=1S/C16H14ClFN2O/c17-12-5-6-13(18)14(8-12)20-16(21)15-7-10-3-1-2-4-11(10)9-19-15/h1-6,8,15,19H,7,9H2,(H,20,21)/t15-/m0/s1. The maximum absolute atomic E-state index is 13.6. The quantitative estimate of drug-likeness (QED) is 0.895. The molecule has 0 aliphatic carbocycles. The van der Waals surface area contributed by atoms with E-state index in [0.717, 1.165) is 5.56 Å². The van der Waals surface area contributed by atoms with Gasteiger partial charge < -0.3 is 10.6 Å². The monoisotopic (exact) mass is 304 g/mol. The topological polar surface area (TPSA) is 41.1 Å². The molecule has 1 aliphatic rings. The van der Waals surface area contributed by atoms with E-state index in [9.17, 15) is 9.18 Å². The number of carbonyl (C=O) groups is 1. The summed E-state index contributed by atoms with van der Waals surface area (Å²) in [5.74, 6) is -0.755. The Morgan fingerprint density at radius 3 is 2.81 bits per heavy atom. The lowest BCUT2D eigenvalue weighted by Crippen LogP contribution is -2.44. The van der Waals surface area contributed by atoms with E-state index in [1.807, 2.05) is 24.3 Å². The predicted molar refractivity (Wildman–Crippen MR) is 80.8 cm³/mol. The zero-order chi connectivity index (χ0) is 14.8. The summed E-state index contributed by atoms with van der Waals surface area (Å²) in [6.45, 7) is 0.631. The van der Waals surface area contributed by atoms with Gasteiger partial charge in [0.1, 0.15) is 5.82 Å². The van der Waals surface area contributed by atoms with Crippen molar-refractivity contribution in [1.82, 2.24) is 5.32 Å². The molecule has 0 spiro atoms. The first kappa shape index (κ1) is 14.0. The highest BCUT2D eigenvalue weighted by Gasteiger charge is 2.24. The lowest BCUT2D eigenvalue weighted by atomic mass is 9.95. The number of hydrogen-bond acceptors (Lipinski definition) is 2. The Morgan fingerprint density at radius 1 is 1.24 bits per heavy atom. The Balaban J connectivity index is 1.74. The number of carbonyl (C=O) groups excluding carboxylic acids is 1. The predicted octanol–water partition coefficient (Wildman–Crippen LogP) is 3.13. The van der Waals surface area contributed by atoms with Crippen molar-refractivity contribution in [1.29, 1.82) is 0 Å². The van der Waals surface area contributed by atoms with Crippen molar-refractivity contribution in [3.05, 3.63) is 64.4 Å². The minimum Gasteiger partial charge on any atom is -0.322 e. The second-order valence-corrected chi connectivity index (χ2v) is 5.46. The summed E-state index contributed by atoms with van der Waals surface area (Å²) in [5.41, 5.74) is 2.44. The average molecular weight is 305 g/mol. The van der Waals surface area contributed by atoms with Crippen LogP contribution in [0.1, 0.15) is 11.1 Å². The average Bonchev–Trinajstić information content (AvgIpc) is 2.50. The first-order valence-corrected chi connectivity index (χ1v) is 7.07. The second kappa shape index (κ2) is 5.84. The van der Waals surface area contributed by atoms with Gasteiger partial charge >= 0.3 is 0 Å². The Hall–Kier alpha value is -1.91. The molecule has 0 unspecified atom stereocenters. The maximum atomic E-state index is 13.6. The molecule has 0 radical (unpaired) electrons. The Kier molecular flexibility index (Phi) is 3.90. The van der Waals surface area contributed by atoms with Gasteiger partial charge in [-0.15, -0.1) is 0 Å². The number of rotatable bonds is 2. The van der Waals surface area contributed by atoms with Crippen molar-refractivity contribution < 1.29 is 9.18 Å². The van der Waals surface area contributed by atoms with E-state index in [4.69, 9.17) is 11.6 Å². The molecule has 0 fully saturated rings. The number of anilines is 1. The first-order chi connectivity index (χ1) is 10.1. The van der Waals surface area contributed by atoms with Crippen molar-refractivity contribution in [2.45, 2.75) is 19.0 Å². The van der Waals surface area contributed by atoms with Crippen LogP contribution >= 0.6 is 11.6 Å². The van der Waals surface area contributed by atoms with Crippen LogP contribution in [0.5, 0.6) is 0 Å². The molecule has 2 aromatic carbocycles. The summed E-state index contributed by atoms with van der Waals surface area (Å²) in [7, 11) is 0. The van der Waals surface area contributed by atoms with Crippen LogP contribution in [-0.2, 0) is 17.8 Å². The summed E-state index contributed by atoms with van der Waals surface area (Å²) in [4.78, 5) is 12.3. The van der Waals surface area contributed by atoms with Gasteiger partial charge in [0.2, 0.25) is 5.91 Å². The lowest BCUT2D eigenvalue weighted by molar-refractivity contribution is -0.118. The fourth-order valence-electron chi connectivity index (χ4n) is 2.45. The van der Waals surface area contributed by atoms with E-state index in [0.29, 0.717) is 18.0 Å². The maximum Gasteiger partial charge on any atom is 0.241 e. The van der Waals surface area contributed by atoms with Gasteiger partial charge in [-0.25, -0.2) is 4.39 Å². The highest BCUT2D eigenvalue weighted by Crippen LogP contribution is 2.21. The van der Waals surface area contributed by atoms with Crippen molar-refractivity contribution in [2.24, 2.45) is 0 Å². The van der Waals surface area contributed by atoms with Gasteiger partial charge in [-0.1, -0.05) is 35.9 Å². The fraction of sp³-hybridized carbons (Fsp3) is 0.188. The molecule has 0 bridgehead atoms. The molecule has 2 N–H and O–H groups in total. The van der Waals surface area contributed by atoms with Gasteiger partial charge in [0.15, 0.2) is 0 Å². The SMILES string of the molecule is O=C(Nc1cc(Cl)ccc1F)[C@@H]1Cc2ccccc2CN1. The minimum absolute atomic E-state index is 0.105. The molecule has 0 saturated carbocycles. The van der Waals surface area contributed by atoms with Gasteiger partial charge in [-0.05, 0) is 35.7 Å². The zero-order valence-corrected chi connectivity index (χ0v) is 12.0. The summed E-state index contributed by atoms with van der Waals surface area (Å²) in [6.07, 6.45) is 0.587. The van der Waals surface area contributed by atoms with Gasteiger partial charge in [0.05, 0.1) is 11.7 Å². The summed E-state index contributed by atoms with van der Waals surface area (Å²) in [6, 6.07) is 11.7. The molecule has 5 heteroatoms. The molecule has 1 aliphatic heterocycles. The normalized spacial score (nSPS) is 17.1. The molecule has 1 heterocycles. The van der Waals surface area contributed by atoms with Crippen molar-refractivity contribution >= 4 is 23.2 Å². The molecule has 108 valence electrons. The number of fused-ring (bicyclic) bond motifs is 1. The van der Waals surface area contributed by atoms with E-state index in [-0.39, 0.29) is 17.6 Å². The van der Waals surface area contributed by atoms with E-state index < -0.39 is 5.82 Å². The highest BCUT2D eigenvalue weighted by atomic mass is 35.5. The van der Waals surface area contributed by atoms with Gasteiger partial charge in [0.25, 0.3) is 0 Å². The lowest BCUT2D eigenvalue weighted by Gasteiger charge is -2.25. The molecule has 3 rings (SSSR count). The summed E-state index contributed by atoms with van der Waals surface area (Å²) >= 11 is 5.82. The third-order valence-corrected chi connectivity index (χ3v) is 3.82. The van der Waals surface area contributed by atoms with Crippen molar-refractivity contribution in [2.75, 3.05) is 5.32 Å². The molecule has 2 aromatic rings. The van der Waals surface area contributed by atoms with Crippen molar-refractivity contribution in [3.63, 3.8) is 0 Å². The number of benzene rings is 2. The van der Waals surface area contributed by atoms with Crippen LogP contribution in [0, 0.1) is 5.82 Å². The molecule has 21 heavy (non-hydrogen) atoms. The Bertz CT molecular complexity index is 690. The minimum atomic E-state index is -0.496. The van der Waals surface area contributed by atoms with Crippen LogP contribution < -0.4 is 10.6 Å². The van der Waals surface area contributed by atoms with E-state index >= 15 is 0 Å². The molecule has 0 saturated heterocycles. The molecule has 3 nitrogen and oxygen atoms in total.